The summed E-state index contributed by atoms with van der Waals surface area (Å²) in [4.78, 5) is 19.5. The second kappa shape index (κ2) is 8.83. The van der Waals surface area contributed by atoms with Crippen LogP contribution in [0.3, 0.4) is 0 Å². The highest BCUT2D eigenvalue weighted by Gasteiger charge is 2.11. The standard InChI is InChI=1S/C24H26N6O/c1-31-24-14-19(5-7-27-24)18-2-3-21-22(13-18)29-23(28-21)15-20-12-17(4-6-26-20)16-30-10-8-25-9-11-30/h2-7,12-14,25H,8-11,15-16H2,1H3,(H,28,29). The zero-order chi connectivity index (χ0) is 21.0. The third-order valence-corrected chi connectivity index (χ3v) is 5.65. The summed E-state index contributed by atoms with van der Waals surface area (Å²) in [7, 11) is 1.63. The molecule has 158 valence electrons. The minimum atomic E-state index is 0.606. The lowest BCUT2D eigenvalue weighted by molar-refractivity contribution is 0.233. The van der Waals surface area contributed by atoms with Gasteiger partial charge in [-0.2, -0.15) is 0 Å². The molecule has 3 aromatic heterocycles. The minimum Gasteiger partial charge on any atom is -0.481 e. The number of pyridine rings is 2. The first kappa shape index (κ1) is 19.7. The van der Waals surface area contributed by atoms with Crippen molar-refractivity contribution in [1.29, 1.82) is 0 Å². The molecule has 2 N–H and O–H groups in total. The highest BCUT2D eigenvalue weighted by atomic mass is 16.5. The number of nitrogens with zero attached hydrogens (tertiary/aromatic N) is 4. The summed E-state index contributed by atoms with van der Waals surface area (Å²) < 4.78 is 5.25. The number of piperazine rings is 1. The van der Waals surface area contributed by atoms with Gasteiger partial charge in [-0.25, -0.2) is 9.97 Å². The Morgan fingerprint density at radius 1 is 0.968 bits per heavy atom. The van der Waals surface area contributed by atoms with Gasteiger partial charge < -0.3 is 15.0 Å². The Hall–Kier alpha value is -3.29. The normalized spacial score (nSPS) is 14.7. The van der Waals surface area contributed by atoms with Gasteiger partial charge in [-0.05, 0) is 47.0 Å². The van der Waals surface area contributed by atoms with Crippen LogP contribution in [0.1, 0.15) is 17.1 Å². The SMILES string of the molecule is COc1cc(-c2ccc3nc(Cc4cc(CN5CCNCC5)ccn4)[nH]c3c2)ccn1. The Morgan fingerprint density at radius 3 is 2.68 bits per heavy atom. The number of nitrogens with one attached hydrogen (secondary N) is 2. The predicted molar refractivity (Wildman–Crippen MR) is 121 cm³/mol. The van der Waals surface area contributed by atoms with E-state index in [1.807, 2.05) is 24.4 Å². The fourth-order valence-electron chi connectivity index (χ4n) is 4.05. The lowest BCUT2D eigenvalue weighted by atomic mass is 10.1. The molecule has 0 amide bonds. The molecule has 0 aliphatic carbocycles. The van der Waals surface area contributed by atoms with Crippen molar-refractivity contribution in [2.75, 3.05) is 33.3 Å². The van der Waals surface area contributed by atoms with Crippen LogP contribution in [0.2, 0.25) is 0 Å². The van der Waals surface area contributed by atoms with Gasteiger partial charge in [0.2, 0.25) is 5.88 Å². The van der Waals surface area contributed by atoms with Gasteiger partial charge in [0.1, 0.15) is 5.82 Å². The third-order valence-electron chi connectivity index (χ3n) is 5.65. The number of hydrogen-bond acceptors (Lipinski definition) is 6. The first-order valence-electron chi connectivity index (χ1n) is 10.6. The average Bonchev–Trinajstić information content (AvgIpc) is 3.21. The van der Waals surface area contributed by atoms with E-state index in [0.29, 0.717) is 12.3 Å². The molecule has 0 spiro atoms. The molecule has 1 aromatic carbocycles. The van der Waals surface area contributed by atoms with Crippen molar-refractivity contribution in [3.05, 3.63) is 71.9 Å². The number of hydrogen-bond donors (Lipinski definition) is 2. The average molecular weight is 415 g/mol. The van der Waals surface area contributed by atoms with Crippen LogP contribution in [0, 0.1) is 0 Å². The van der Waals surface area contributed by atoms with Crippen LogP contribution in [0.15, 0.2) is 54.9 Å². The van der Waals surface area contributed by atoms with E-state index in [4.69, 9.17) is 9.72 Å². The van der Waals surface area contributed by atoms with Gasteiger partial charge in [0, 0.05) is 63.3 Å². The first-order chi connectivity index (χ1) is 15.3. The smallest absolute Gasteiger partial charge is 0.213 e. The van der Waals surface area contributed by atoms with Gasteiger partial charge in [0.25, 0.3) is 0 Å². The predicted octanol–water partition coefficient (Wildman–Crippen LogP) is 3.02. The number of fused-ring (bicyclic) bond motifs is 1. The Balaban J connectivity index is 1.34. The molecule has 5 rings (SSSR count). The van der Waals surface area contributed by atoms with Crippen molar-refractivity contribution in [1.82, 2.24) is 30.2 Å². The molecule has 0 unspecified atom stereocenters. The van der Waals surface area contributed by atoms with Crippen molar-refractivity contribution in [2.45, 2.75) is 13.0 Å². The Kier molecular flexibility index (Phi) is 5.60. The number of rotatable bonds is 6. The molecule has 1 aliphatic heterocycles. The number of aromatic amines is 1. The number of aromatic nitrogens is 4. The van der Waals surface area contributed by atoms with E-state index in [-0.39, 0.29) is 0 Å². The molecule has 0 radical (unpaired) electrons. The topological polar surface area (TPSA) is 79.0 Å². The summed E-state index contributed by atoms with van der Waals surface area (Å²) >= 11 is 0. The summed E-state index contributed by atoms with van der Waals surface area (Å²) in [6.07, 6.45) is 4.35. The molecular weight excluding hydrogens is 388 g/mol. The highest BCUT2D eigenvalue weighted by Crippen LogP contribution is 2.25. The summed E-state index contributed by atoms with van der Waals surface area (Å²) in [6.45, 7) is 5.27. The zero-order valence-electron chi connectivity index (χ0n) is 17.6. The van der Waals surface area contributed by atoms with E-state index < -0.39 is 0 Å². The van der Waals surface area contributed by atoms with E-state index in [9.17, 15) is 0 Å². The molecule has 7 heteroatoms. The van der Waals surface area contributed by atoms with Crippen molar-refractivity contribution < 1.29 is 4.74 Å². The quantitative estimate of drug-likeness (QED) is 0.505. The summed E-state index contributed by atoms with van der Waals surface area (Å²) in [5, 5.41) is 3.40. The molecule has 0 saturated carbocycles. The summed E-state index contributed by atoms with van der Waals surface area (Å²) in [6, 6.07) is 14.5. The maximum atomic E-state index is 5.25. The largest absolute Gasteiger partial charge is 0.481 e. The summed E-state index contributed by atoms with van der Waals surface area (Å²) in [5.74, 6) is 1.53. The molecule has 0 atom stereocenters. The number of imidazole rings is 1. The highest BCUT2D eigenvalue weighted by molar-refractivity contribution is 5.82. The van der Waals surface area contributed by atoms with Crippen LogP contribution >= 0.6 is 0 Å². The molecule has 1 aliphatic rings. The van der Waals surface area contributed by atoms with Crippen LogP contribution in [0.5, 0.6) is 5.88 Å². The van der Waals surface area contributed by atoms with E-state index in [1.165, 1.54) is 5.56 Å². The minimum absolute atomic E-state index is 0.606. The fourth-order valence-corrected chi connectivity index (χ4v) is 4.05. The molecule has 31 heavy (non-hydrogen) atoms. The van der Waals surface area contributed by atoms with Gasteiger partial charge >= 0.3 is 0 Å². The molecule has 7 nitrogen and oxygen atoms in total. The maximum Gasteiger partial charge on any atom is 0.213 e. The second-order valence-electron chi connectivity index (χ2n) is 7.86. The van der Waals surface area contributed by atoms with E-state index in [2.05, 4.69) is 49.4 Å². The second-order valence-corrected chi connectivity index (χ2v) is 7.86. The molecule has 1 saturated heterocycles. The van der Waals surface area contributed by atoms with E-state index in [0.717, 1.165) is 66.4 Å². The van der Waals surface area contributed by atoms with Crippen LogP contribution < -0.4 is 10.1 Å². The van der Waals surface area contributed by atoms with E-state index in [1.54, 1.807) is 13.3 Å². The van der Waals surface area contributed by atoms with Crippen LogP contribution in [0.25, 0.3) is 22.2 Å². The third kappa shape index (κ3) is 4.57. The Bertz CT molecular complexity index is 1180. The summed E-state index contributed by atoms with van der Waals surface area (Å²) in [5.41, 5.74) is 6.46. The van der Waals surface area contributed by atoms with Gasteiger partial charge in [0.15, 0.2) is 0 Å². The number of ether oxygens (including phenoxy) is 1. The zero-order valence-corrected chi connectivity index (χ0v) is 17.6. The van der Waals surface area contributed by atoms with Crippen molar-refractivity contribution in [3.63, 3.8) is 0 Å². The van der Waals surface area contributed by atoms with Crippen LogP contribution in [-0.2, 0) is 13.0 Å². The number of methoxy groups -OCH3 is 1. The number of H-pyrrole nitrogens is 1. The van der Waals surface area contributed by atoms with Gasteiger partial charge in [-0.15, -0.1) is 0 Å². The molecular formula is C24H26N6O. The molecule has 4 aromatic rings. The van der Waals surface area contributed by atoms with Crippen LogP contribution in [-0.4, -0.2) is 58.1 Å². The molecule has 4 heterocycles. The Labute approximate surface area is 181 Å². The first-order valence-corrected chi connectivity index (χ1v) is 10.6. The maximum absolute atomic E-state index is 5.25. The fraction of sp³-hybridized carbons (Fsp3) is 0.292. The number of benzene rings is 1. The lowest BCUT2D eigenvalue weighted by Crippen LogP contribution is -2.42. The van der Waals surface area contributed by atoms with Crippen molar-refractivity contribution in [2.24, 2.45) is 0 Å². The molecule has 0 bridgehead atoms. The monoisotopic (exact) mass is 414 g/mol. The van der Waals surface area contributed by atoms with Gasteiger partial charge in [-0.3, -0.25) is 9.88 Å². The van der Waals surface area contributed by atoms with Gasteiger partial charge in [0.05, 0.1) is 18.1 Å². The van der Waals surface area contributed by atoms with Crippen molar-refractivity contribution in [3.8, 4) is 17.0 Å². The Morgan fingerprint density at radius 2 is 1.81 bits per heavy atom. The van der Waals surface area contributed by atoms with Crippen molar-refractivity contribution >= 4 is 11.0 Å². The van der Waals surface area contributed by atoms with Gasteiger partial charge in [-0.1, -0.05) is 6.07 Å². The lowest BCUT2D eigenvalue weighted by Gasteiger charge is -2.27. The molecule has 1 fully saturated rings. The van der Waals surface area contributed by atoms with Crippen LogP contribution in [0.4, 0.5) is 0 Å². The van der Waals surface area contributed by atoms with E-state index >= 15 is 0 Å².